The van der Waals surface area contributed by atoms with Crippen LogP contribution in [-0.2, 0) is 14.3 Å². The van der Waals surface area contributed by atoms with Crippen molar-refractivity contribution in [3.8, 4) is 11.1 Å². The number of carbonyl (C=O) groups is 2. The number of benzene rings is 2. The minimum absolute atomic E-state index is 0.0284. The minimum Gasteiger partial charge on any atom is -0.479 e. The number of ether oxygens (including phenoxy) is 2. The molecule has 6 heteroatoms. The second-order valence-corrected chi connectivity index (χ2v) is 6.93. The summed E-state index contributed by atoms with van der Waals surface area (Å²) in [7, 11) is 0. The lowest BCUT2D eigenvalue weighted by Crippen LogP contribution is -2.48. The summed E-state index contributed by atoms with van der Waals surface area (Å²) in [5, 5.41) is 11.9. The molecule has 0 saturated carbocycles. The highest BCUT2D eigenvalue weighted by Gasteiger charge is 2.43. The van der Waals surface area contributed by atoms with E-state index in [0.29, 0.717) is 19.4 Å². The number of carboxylic acid groups (broad SMARTS) is 1. The average molecular weight is 367 g/mol. The number of alkyl carbamates (subject to hydrolysis) is 1. The largest absolute Gasteiger partial charge is 0.479 e. The maximum atomic E-state index is 12.2. The maximum absolute atomic E-state index is 12.2. The Morgan fingerprint density at radius 2 is 1.74 bits per heavy atom. The van der Waals surface area contributed by atoms with Crippen LogP contribution < -0.4 is 5.32 Å². The van der Waals surface area contributed by atoms with Crippen molar-refractivity contribution in [3.63, 3.8) is 0 Å². The van der Waals surface area contributed by atoms with E-state index in [1.165, 1.54) is 0 Å². The van der Waals surface area contributed by atoms with Crippen molar-refractivity contribution in [2.45, 2.75) is 24.4 Å². The summed E-state index contributed by atoms with van der Waals surface area (Å²) in [6.07, 6.45) is 0.415. The number of nitrogens with one attached hydrogen (secondary N) is 1. The third kappa shape index (κ3) is 3.17. The molecule has 140 valence electrons. The van der Waals surface area contributed by atoms with Crippen molar-refractivity contribution < 1.29 is 24.2 Å². The van der Waals surface area contributed by atoms with Gasteiger partial charge in [-0.25, -0.2) is 9.59 Å². The third-order valence-electron chi connectivity index (χ3n) is 5.36. The monoisotopic (exact) mass is 367 g/mol. The topological polar surface area (TPSA) is 84.9 Å². The van der Waals surface area contributed by atoms with Gasteiger partial charge in [0.25, 0.3) is 0 Å². The zero-order chi connectivity index (χ0) is 18.9. The molecule has 4 rings (SSSR count). The first-order valence-electron chi connectivity index (χ1n) is 9.07. The van der Waals surface area contributed by atoms with Crippen molar-refractivity contribution >= 4 is 12.1 Å². The van der Waals surface area contributed by atoms with Crippen LogP contribution in [0, 0.1) is 0 Å². The van der Waals surface area contributed by atoms with Crippen LogP contribution in [0.1, 0.15) is 29.9 Å². The molecule has 1 fully saturated rings. The molecule has 2 aliphatic rings. The number of fused-ring (bicyclic) bond motifs is 3. The molecule has 1 saturated heterocycles. The Hall–Kier alpha value is -2.86. The van der Waals surface area contributed by atoms with Gasteiger partial charge in [-0.3, -0.25) is 0 Å². The number of amides is 1. The van der Waals surface area contributed by atoms with Crippen molar-refractivity contribution in [1.29, 1.82) is 0 Å². The van der Waals surface area contributed by atoms with E-state index in [0.717, 1.165) is 22.3 Å². The molecule has 0 bridgehead atoms. The van der Waals surface area contributed by atoms with Gasteiger partial charge in [0.15, 0.2) is 5.60 Å². The normalized spacial score (nSPS) is 20.7. The lowest BCUT2D eigenvalue weighted by molar-refractivity contribution is -0.159. The highest BCUT2D eigenvalue weighted by atomic mass is 16.6. The molecular formula is C21H21NO5. The van der Waals surface area contributed by atoms with Crippen LogP contribution in [0.5, 0.6) is 0 Å². The molecule has 2 N–H and O–H groups in total. The van der Waals surface area contributed by atoms with Gasteiger partial charge in [-0.2, -0.15) is 0 Å². The maximum Gasteiger partial charge on any atom is 0.407 e. The quantitative estimate of drug-likeness (QED) is 0.848. The van der Waals surface area contributed by atoms with Crippen LogP contribution in [0.4, 0.5) is 4.79 Å². The number of hydrogen-bond donors (Lipinski definition) is 2. The van der Waals surface area contributed by atoms with Gasteiger partial charge in [0.2, 0.25) is 0 Å². The standard InChI is InChI=1S/C21H21NO5/c23-19(24)21(10-5-11-27-21)13-22-20(25)26-12-18-16-8-3-1-6-14(16)15-7-2-4-9-17(15)18/h1-4,6-9,18H,5,10-13H2,(H,22,25)(H,23,24). The van der Waals surface area contributed by atoms with Crippen molar-refractivity contribution in [3.05, 3.63) is 59.7 Å². The van der Waals surface area contributed by atoms with Gasteiger partial charge in [0.1, 0.15) is 6.61 Å². The Morgan fingerprint density at radius 3 is 2.30 bits per heavy atom. The van der Waals surface area contributed by atoms with Gasteiger partial charge in [0, 0.05) is 12.5 Å². The highest BCUT2D eigenvalue weighted by molar-refractivity contribution is 5.80. The number of carbonyl (C=O) groups excluding carboxylic acids is 1. The first kappa shape index (κ1) is 17.5. The molecule has 0 radical (unpaired) electrons. The van der Waals surface area contributed by atoms with Crippen LogP contribution in [0.3, 0.4) is 0 Å². The van der Waals surface area contributed by atoms with Crippen LogP contribution in [0.25, 0.3) is 11.1 Å². The second kappa shape index (κ2) is 7.04. The molecule has 0 spiro atoms. The van der Waals surface area contributed by atoms with Crippen LogP contribution in [0.15, 0.2) is 48.5 Å². The van der Waals surface area contributed by atoms with Crippen LogP contribution in [0.2, 0.25) is 0 Å². The second-order valence-electron chi connectivity index (χ2n) is 6.93. The molecule has 1 aliphatic heterocycles. The first-order chi connectivity index (χ1) is 13.1. The van der Waals surface area contributed by atoms with E-state index in [4.69, 9.17) is 9.47 Å². The summed E-state index contributed by atoms with van der Waals surface area (Å²) in [4.78, 5) is 23.6. The van der Waals surface area contributed by atoms with Gasteiger partial charge >= 0.3 is 12.1 Å². The molecule has 6 nitrogen and oxygen atoms in total. The van der Waals surface area contributed by atoms with Gasteiger partial charge < -0.3 is 19.9 Å². The fraction of sp³-hybridized carbons (Fsp3) is 0.333. The minimum atomic E-state index is -1.34. The molecule has 1 aliphatic carbocycles. The molecule has 0 aromatic heterocycles. The molecule has 27 heavy (non-hydrogen) atoms. The molecule has 1 unspecified atom stereocenters. The van der Waals surface area contributed by atoms with Gasteiger partial charge in [-0.15, -0.1) is 0 Å². The molecule has 1 atom stereocenters. The average Bonchev–Trinajstić information content (AvgIpc) is 3.29. The Balaban J connectivity index is 1.42. The number of carboxylic acids is 1. The molecule has 2 aromatic rings. The Morgan fingerprint density at radius 1 is 1.11 bits per heavy atom. The van der Waals surface area contributed by atoms with E-state index in [9.17, 15) is 14.7 Å². The van der Waals surface area contributed by atoms with E-state index in [-0.39, 0.29) is 19.1 Å². The summed E-state index contributed by atoms with van der Waals surface area (Å²) in [6, 6.07) is 16.2. The van der Waals surface area contributed by atoms with Gasteiger partial charge in [-0.05, 0) is 35.1 Å². The van der Waals surface area contributed by atoms with Gasteiger partial charge in [0.05, 0.1) is 6.54 Å². The predicted molar refractivity (Wildman–Crippen MR) is 98.6 cm³/mol. The molecule has 1 heterocycles. The SMILES string of the molecule is O=C(NCC1(C(=O)O)CCCO1)OCC1c2ccccc2-c2ccccc21. The zero-order valence-corrected chi connectivity index (χ0v) is 14.8. The number of hydrogen-bond acceptors (Lipinski definition) is 4. The first-order valence-corrected chi connectivity index (χ1v) is 9.07. The van der Waals surface area contributed by atoms with Crippen LogP contribution in [-0.4, -0.2) is 42.5 Å². The van der Waals surface area contributed by atoms with E-state index in [1.807, 2.05) is 36.4 Å². The molecular weight excluding hydrogens is 346 g/mol. The Kier molecular flexibility index (Phi) is 4.58. The number of rotatable bonds is 5. The van der Waals surface area contributed by atoms with E-state index >= 15 is 0 Å². The highest BCUT2D eigenvalue weighted by Crippen LogP contribution is 2.44. The van der Waals surface area contributed by atoms with Gasteiger partial charge in [-0.1, -0.05) is 48.5 Å². The van der Waals surface area contributed by atoms with Crippen LogP contribution >= 0.6 is 0 Å². The Bertz CT molecular complexity index is 827. The summed E-state index contributed by atoms with van der Waals surface area (Å²) in [5.74, 6) is -1.08. The summed E-state index contributed by atoms with van der Waals surface area (Å²) >= 11 is 0. The third-order valence-corrected chi connectivity index (χ3v) is 5.36. The van der Waals surface area contributed by atoms with E-state index < -0.39 is 17.7 Å². The summed E-state index contributed by atoms with van der Waals surface area (Å²) < 4.78 is 10.8. The smallest absolute Gasteiger partial charge is 0.407 e. The van der Waals surface area contributed by atoms with E-state index in [2.05, 4.69) is 17.4 Å². The zero-order valence-electron chi connectivity index (χ0n) is 14.8. The molecule has 1 amide bonds. The lowest BCUT2D eigenvalue weighted by atomic mass is 9.98. The fourth-order valence-electron chi connectivity index (χ4n) is 3.95. The van der Waals surface area contributed by atoms with Crippen molar-refractivity contribution in [2.75, 3.05) is 19.8 Å². The van der Waals surface area contributed by atoms with Crippen molar-refractivity contribution in [2.24, 2.45) is 0 Å². The number of aliphatic carboxylic acids is 1. The lowest BCUT2D eigenvalue weighted by Gasteiger charge is -2.23. The predicted octanol–water partition coefficient (Wildman–Crippen LogP) is 3.16. The summed E-state index contributed by atoms with van der Waals surface area (Å²) in [6.45, 7) is 0.485. The van der Waals surface area contributed by atoms with E-state index in [1.54, 1.807) is 0 Å². The van der Waals surface area contributed by atoms with Crippen molar-refractivity contribution in [1.82, 2.24) is 5.32 Å². The fourth-order valence-corrected chi connectivity index (χ4v) is 3.95. The molecule has 2 aromatic carbocycles. The summed E-state index contributed by atoms with van der Waals surface area (Å²) in [5.41, 5.74) is 3.24. The Labute approximate surface area is 157 Å².